The molecule has 24 heavy (non-hydrogen) atoms. The Morgan fingerprint density at radius 2 is 1.83 bits per heavy atom. The van der Waals surface area contributed by atoms with Gasteiger partial charge in [0.25, 0.3) is 0 Å². The number of rotatable bonds is 8. The third-order valence-corrected chi connectivity index (χ3v) is 3.89. The van der Waals surface area contributed by atoms with Gasteiger partial charge in [0, 0.05) is 19.6 Å². The summed E-state index contributed by atoms with van der Waals surface area (Å²) in [6.45, 7) is 4.32. The maximum atomic E-state index is 12.2. The maximum absolute atomic E-state index is 12.2. The molecule has 2 amide bonds. The summed E-state index contributed by atoms with van der Waals surface area (Å²) in [7, 11) is 0. The van der Waals surface area contributed by atoms with E-state index in [0.717, 1.165) is 12.0 Å². The quantitative estimate of drug-likeness (QED) is 0.722. The Hall–Kier alpha value is -2.20. The fourth-order valence-electron chi connectivity index (χ4n) is 2.25. The second-order valence-electron chi connectivity index (χ2n) is 5.36. The van der Waals surface area contributed by atoms with E-state index < -0.39 is 0 Å². The van der Waals surface area contributed by atoms with Gasteiger partial charge < -0.3 is 15.0 Å². The van der Waals surface area contributed by atoms with Gasteiger partial charge in [-0.15, -0.1) is 0 Å². The van der Waals surface area contributed by atoms with Gasteiger partial charge in [0.15, 0.2) is 0 Å². The number of urea groups is 1. The molecule has 1 N–H and O–H groups in total. The van der Waals surface area contributed by atoms with Crippen molar-refractivity contribution in [3.8, 4) is 5.75 Å². The molecule has 0 spiro atoms. The molecular weight excluding hydrogens is 324 g/mol. The predicted molar refractivity (Wildman–Crippen MR) is 97.5 cm³/mol. The number of benzene rings is 2. The van der Waals surface area contributed by atoms with Gasteiger partial charge in [0.05, 0.1) is 11.6 Å². The summed E-state index contributed by atoms with van der Waals surface area (Å²) in [5.41, 5.74) is 1.12. The van der Waals surface area contributed by atoms with Crippen molar-refractivity contribution in [2.45, 2.75) is 19.9 Å². The van der Waals surface area contributed by atoms with Crippen molar-refractivity contribution in [2.75, 3.05) is 19.7 Å². The Morgan fingerprint density at radius 3 is 2.54 bits per heavy atom. The van der Waals surface area contributed by atoms with Crippen LogP contribution in [0.15, 0.2) is 54.6 Å². The van der Waals surface area contributed by atoms with E-state index in [0.29, 0.717) is 37.0 Å². The van der Waals surface area contributed by atoms with E-state index in [1.807, 2.05) is 55.5 Å². The number of nitrogens with zero attached hydrogens (tertiary/aromatic N) is 1. The molecule has 2 aromatic carbocycles. The Labute approximate surface area is 148 Å². The highest BCUT2D eigenvalue weighted by molar-refractivity contribution is 6.32. The smallest absolute Gasteiger partial charge is 0.317 e. The predicted octanol–water partition coefficient (Wildman–Crippen LogP) is 4.34. The van der Waals surface area contributed by atoms with Gasteiger partial charge in [-0.3, -0.25) is 0 Å². The largest absolute Gasteiger partial charge is 0.492 e. The Kier molecular flexibility index (Phi) is 7.43. The lowest BCUT2D eigenvalue weighted by atomic mass is 10.2. The van der Waals surface area contributed by atoms with Gasteiger partial charge in [0.1, 0.15) is 5.75 Å². The average molecular weight is 347 g/mol. The molecule has 0 fully saturated rings. The molecule has 0 radical (unpaired) electrons. The summed E-state index contributed by atoms with van der Waals surface area (Å²) in [6, 6.07) is 17.3. The van der Waals surface area contributed by atoms with Crippen LogP contribution in [-0.4, -0.2) is 30.6 Å². The minimum Gasteiger partial charge on any atom is -0.492 e. The first-order valence-corrected chi connectivity index (χ1v) is 8.52. The zero-order valence-corrected chi connectivity index (χ0v) is 14.6. The van der Waals surface area contributed by atoms with Crippen LogP contribution in [0, 0.1) is 0 Å². The summed E-state index contributed by atoms with van der Waals surface area (Å²) in [6.07, 6.45) is 0.722. The van der Waals surface area contributed by atoms with E-state index in [1.54, 1.807) is 11.0 Å². The van der Waals surface area contributed by atoms with Crippen molar-refractivity contribution >= 4 is 17.6 Å². The summed E-state index contributed by atoms with van der Waals surface area (Å²) in [5.74, 6) is 0.671. The van der Waals surface area contributed by atoms with Gasteiger partial charge in [-0.25, -0.2) is 4.79 Å². The zero-order chi connectivity index (χ0) is 17.2. The number of amides is 2. The zero-order valence-electron chi connectivity index (χ0n) is 13.9. The van der Waals surface area contributed by atoms with Crippen molar-refractivity contribution in [1.82, 2.24) is 10.2 Å². The summed E-state index contributed by atoms with van der Waals surface area (Å²) in [5, 5.41) is 3.53. The molecule has 0 saturated heterocycles. The summed E-state index contributed by atoms with van der Waals surface area (Å²) in [4.78, 5) is 14.0. The first kappa shape index (κ1) is 18.1. The fraction of sp³-hybridized carbons (Fsp3) is 0.316. The Balaban J connectivity index is 1.69. The minimum absolute atomic E-state index is 0.0564. The van der Waals surface area contributed by atoms with E-state index in [2.05, 4.69) is 5.32 Å². The molecule has 0 aliphatic heterocycles. The number of ether oxygens (including phenoxy) is 1. The van der Waals surface area contributed by atoms with Gasteiger partial charge >= 0.3 is 6.03 Å². The molecule has 2 rings (SSSR count). The molecule has 0 aromatic heterocycles. The van der Waals surface area contributed by atoms with Crippen LogP contribution in [0.2, 0.25) is 5.02 Å². The highest BCUT2D eigenvalue weighted by atomic mass is 35.5. The second-order valence-corrected chi connectivity index (χ2v) is 5.77. The number of nitrogens with one attached hydrogen (secondary N) is 1. The SMILES string of the molecule is CCN(Cc1ccccc1)C(=O)NCCCOc1ccccc1Cl. The van der Waals surface area contributed by atoms with E-state index in [-0.39, 0.29) is 6.03 Å². The second kappa shape index (κ2) is 9.83. The molecule has 0 atom stereocenters. The normalized spacial score (nSPS) is 10.2. The number of carbonyl (C=O) groups is 1. The molecule has 0 aliphatic carbocycles. The molecule has 0 bridgehead atoms. The molecule has 128 valence electrons. The molecule has 0 saturated carbocycles. The van der Waals surface area contributed by atoms with Crippen LogP contribution < -0.4 is 10.1 Å². The van der Waals surface area contributed by atoms with Crippen LogP contribution in [0.1, 0.15) is 18.9 Å². The monoisotopic (exact) mass is 346 g/mol. The number of hydrogen-bond donors (Lipinski definition) is 1. The first-order chi connectivity index (χ1) is 11.7. The van der Waals surface area contributed by atoms with Crippen molar-refractivity contribution in [2.24, 2.45) is 0 Å². The van der Waals surface area contributed by atoms with Gasteiger partial charge in [0.2, 0.25) is 0 Å². The van der Waals surface area contributed by atoms with Crippen LogP contribution in [0.4, 0.5) is 4.79 Å². The third-order valence-electron chi connectivity index (χ3n) is 3.58. The van der Waals surface area contributed by atoms with E-state index >= 15 is 0 Å². The van der Waals surface area contributed by atoms with Crippen LogP contribution in [0.3, 0.4) is 0 Å². The fourth-order valence-corrected chi connectivity index (χ4v) is 2.44. The average Bonchev–Trinajstić information content (AvgIpc) is 2.61. The van der Waals surface area contributed by atoms with Crippen LogP contribution in [0.25, 0.3) is 0 Å². The molecule has 0 heterocycles. The molecule has 4 nitrogen and oxygen atoms in total. The topological polar surface area (TPSA) is 41.6 Å². The van der Waals surface area contributed by atoms with Crippen molar-refractivity contribution in [3.05, 3.63) is 65.2 Å². The van der Waals surface area contributed by atoms with Gasteiger partial charge in [-0.05, 0) is 31.0 Å². The number of hydrogen-bond acceptors (Lipinski definition) is 2. The molecule has 0 aliphatic rings. The lowest BCUT2D eigenvalue weighted by Crippen LogP contribution is -2.40. The molecule has 0 unspecified atom stereocenters. The summed E-state index contributed by atoms with van der Waals surface area (Å²) >= 11 is 6.02. The van der Waals surface area contributed by atoms with E-state index in [4.69, 9.17) is 16.3 Å². The van der Waals surface area contributed by atoms with Crippen molar-refractivity contribution < 1.29 is 9.53 Å². The molecular formula is C19H23ClN2O2. The van der Waals surface area contributed by atoms with Crippen LogP contribution >= 0.6 is 11.6 Å². The van der Waals surface area contributed by atoms with Crippen LogP contribution in [-0.2, 0) is 6.54 Å². The maximum Gasteiger partial charge on any atom is 0.317 e. The first-order valence-electron chi connectivity index (χ1n) is 8.14. The van der Waals surface area contributed by atoms with E-state index in [9.17, 15) is 4.79 Å². The lowest BCUT2D eigenvalue weighted by Gasteiger charge is -2.21. The standard InChI is InChI=1S/C19H23ClN2O2/c1-2-22(15-16-9-4-3-5-10-16)19(23)21-13-8-14-24-18-12-7-6-11-17(18)20/h3-7,9-12H,2,8,13-15H2,1H3,(H,21,23). The Bertz CT molecular complexity index is 634. The Morgan fingerprint density at radius 1 is 1.12 bits per heavy atom. The summed E-state index contributed by atoms with van der Waals surface area (Å²) < 4.78 is 5.60. The number of halogens is 1. The van der Waals surface area contributed by atoms with Crippen molar-refractivity contribution in [3.63, 3.8) is 0 Å². The van der Waals surface area contributed by atoms with Gasteiger partial charge in [-0.2, -0.15) is 0 Å². The highest BCUT2D eigenvalue weighted by Crippen LogP contribution is 2.22. The molecule has 5 heteroatoms. The highest BCUT2D eigenvalue weighted by Gasteiger charge is 2.11. The van der Waals surface area contributed by atoms with Crippen LogP contribution in [0.5, 0.6) is 5.75 Å². The van der Waals surface area contributed by atoms with E-state index in [1.165, 1.54) is 0 Å². The lowest BCUT2D eigenvalue weighted by molar-refractivity contribution is 0.197. The number of para-hydroxylation sites is 1. The van der Waals surface area contributed by atoms with Gasteiger partial charge in [-0.1, -0.05) is 54.1 Å². The number of carbonyl (C=O) groups excluding carboxylic acids is 1. The minimum atomic E-state index is -0.0564. The van der Waals surface area contributed by atoms with Crippen molar-refractivity contribution in [1.29, 1.82) is 0 Å². The third kappa shape index (κ3) is 5.78. The molecule has 2 aromatic rings.